The van der Waals surface area contributed by atoms with E-state index in [9.17, 15) is 13.2 Å². The molecule has 6 nitrogen and oxygen atoms in total. The minimum absolute atomic E-state index is 0.0763. The Hall–Kier alpha value is -0.960. The molecule has 24 heavy (non-hydrogen) atoms. The third kappa shape index (κ3) is 3.37. The smallest absolute Gasteiger partial charge is 0.254 e. The molecule has 0 N–H and O–H groups in total. The van der Waals surface area contributed by atoms with Crippen LogP contribution in [0.5, 0.6) is 0 Å². The van der Waals surface area contributed by atoms with Gasteiger partial charge in [0, 0.05) is 44.6 Å². The molecule has 2 aliphatic rings. The van der Waals surface area contributed by atoms with Gasteiger partial charge in [-0.3, -0.25) is 4.79 Å². The largest absolute Gasteiger partial charge is 0.384 e. The van der Waals surface area contributed by atoms with Gasteiger partial charge in [-0.2, -0.15) is 11.3 Å². The van der Waals surface area contributed by atoms with Crippen LogP contribution in [0.25, 0.3) is 0 Å². The first-order valence-electron chi connectivity index (χ1n) is 8.11. The molecule has 1 amide bonds. The molecular formula is C16H24N2O4S2. The molecular weight excluding hydrogens is 348 g/mol. The fraction of sp³-hybridized carbons (Fsp3) is 0.688. The first-order valence-corrected chi connectivity index (χ1v) is 10.9. The number of piperidine rings is 1. The molecule has 1 spiro atoms. The van der Waals surface area contributed by atoms with Crippen LogP contribution in [0.3, 0.4) is 0 Å². The molecule has 134 valence electrons. The maximum Gasteiger partial charge on any atom is 0.254 e. The summed E-state index contributed by atoms with van der Waals surface area (Å²) in [5.74, 6) is 0.267. The summed E-state index contributed by atoms with van der Waals surface area (Å²) >= 11 is 1.52. The van der Waals surface area contributed by atoms with E-state index in [4.69, 9.17) is 4.74 Å². The third-order valence-corrected chi connectivity index (χ3v) is 7.33. The van der Waals surface area contributed by atoms with Crippen LogP contribution in [0.1, 0.15) is 23.2 Å². The Morgan fingerprint density at radius 3 is 2.67 bits per heavy atom. The number of nitrogens with zero attached hydrogens (tertiary/aromatic N) is 2. The first kappa shape index (κ1) is 17.8. The average Bonchev–Trinajstić information content (AvgIpc) is 3.17. The zero-order chi connectivity index (χ0) is 17.4. The molecule has 3 rings (SSSR count). The molecule has 2 aliphatic heterocycles. The lowest BCUT2D eigenvalue weighted by atomic mass is 9.71. The van der Waals surface area contributed by atoms with Crippen LogP contribution < -0.4 is 0 Å². The van der Waals surface area contributed by atoms with Gasteiger partial charge in [0.25, 0.3) is 5.91 Å². The molecule has 0 aromatic carbocycles. The fourth-order valence-corrected chi connectivity index (χ4v) is 5.53. The van der Waals surface area contributed by atoms with Crippen molar-refractivity contribution < 1.29 is 17.9 Å². The molecule has 0 unspecified atom stereocenters. The van der Waals surface area contributed by atoms with Crippen LogP contribution in [0.15, 0.2) is 16.8 Å². The highest BCUT2D eigenvalue weighted by atomic mass is 32.2. The van der Waals surface area contributed by atoms with Crippen molar-refractivity contribution in [2.75, 3.05) is 46.2 Å². The lowest BCUT2D eigenvalue weighted by Crippen LogP contribution is -2.47. The number of carbonyl (C=O) groups excluding carboxylic acids is 1. The van der Waals surface area contributed by atoms with Gasteiger partial charge in [0.1, 0.15) is 0 Å². The van der Waals surface area contributed by atoms with Gasteiger partial charge in [-0.1, -0.05) is 0 Å². The van der Waals surface area contributed by atoms with Gasteiger partial charge in [-0.05, 0) is 29.7 Å². The Morgan fingerprint density at radius 1 is 1.42 bits per heavy atom. The quantitative estimate of drug-likeness (QED) is 0.803. The lowest BCUT2D eigenvalue weighted by molar-refractivity contribution is 0.0328. The highest BCUT2D eigenvalue weighted by molar-refractivity contribution is 7.88. The number of methoxy groups -OCH3 is 1. The molecule has 1 aromatic rings. The van der Waals surface area contributed by atoms with E-state index in [2.05, 4.69) is 0 Å². The van der Waals surface area contributed by atoms with Crippen molar-refractivity contribution in [2.45, 2.75) is 12.8 Å². The molecule has 1 atom stereocenters. The minimum atomic E-state index is -3.20. The Kier molecular flexibility index (Phi) is 5.01. The number of likely N-dealkylation sites (tertiary alicyclic amines) is 1. The number of carbonyl (C=O) groups is 1. The number of amides is 1. The van der Waals surface area contributed by atoms with E-state index in [0.717, 1.165) is 18.4 Å². The normalized spacial score (nSPS) is 24.6. The van der Waals surface area contributed by atoms with E-state index in [-0.39, 0.29) is 17.2 Å². The molecule has 8 heteroatoms. The van der Waals surface area contributed by atoms with Gasteiger partial charge in [0.05, 0.1) is 18.4 Å². The molecule has 3 heterocycles. The van der Waals surface area contributed by atoms with Gasteiger partial charge in [0.15, 0.2) is 0 Å². The highest BCUT2D eigenvalue weighted by Crippen LogP contribution is 2.45. The minimum Gasteiger partial charge on any atom is -0.384 e. The zero-order valence-electron chi connectivity index (χ0n) is 14.1. The summed E-state index contributed by atoms with van der Waals surface area (Å²) in [6, 6.07) is 1.85. The van der Waals surface area contributed by atoms with E-state index < -0.39 is 10.0 Å². The number of hydrogen-bond donors (Lipinski definition) is 0. The maximum atomic E-state index is 12.5. The van der Waals surface area contributed by atoms with E-state index in [1.165, 1.54) is 17.6 Å². The molecule has 0 bridgehead atoms. The Balaban J connectivity index is 1.71. The molecule has 2 fully saturated rings. The Morgan fingerprint density at radius 2 is 2.12 bits per heavy atom. The monoisotopic (exact) mass is 372 g/mol. The maximum absolute atomic E-state index is 12.5. The summed E-state index contributed by atoms with van der Waals surface area (Å²) < 4.78 is 30.8. The zero-order valence-corrected chi connectivity index (χ0v) is 15.7. The summed E-state index contributed by atoms with van der Waals surface area (Å²) in [6.45, 7) is 2.97. The number of ether oxygens (including phenoxy) is 1. The standard InChI is InChI=1S/C16H24N2O4S2/c1-22-10-14-9-18(24(2,20)21)12-16(14)4-6-17(7-5-16)15(19)13-3-8-23-11-13/h3,8,11,14H,4-7,9-10,12H2,1-2H3/t14-/m1/s1. The van der Waals surface area contributed by atoms with Crippen LogP contribution >= 0.6 is 11.3 Å². The second-order valence-electron chi connectivity index (χ2n) is 6.87. The van der Waals surface area contributed by atoms with Gasteiger partial charge in [-0.15, -0.1) is 0 Å². The van der Waals surface area contributed by atoms with E-state index >= 15 is 0 Å². The second kappa shape index (κ2) is 6.74. The Labute approximate surface area is 147 Å². The van der Waals surface area contributed by atoms with Gasteiger partial charge in [-0.25, -0.2) is 12.7 Å². The van der Waals surface area contributed by atoms with Crippen molar-refractivity contribution in [1.29, 1.82) is 0 Å². The van der Waals surface area contributed by atoms with E-state index in [1.807, 2.05) is 21.7 Å². The number of thiophene rings is 1. The molecule has 1 aromatic heterocycles. The predicted octanol–water partition coefficient (Wildman–Crippen LogP) is 1.51. The topological polar surface area (TPSA) is 66.9 Å². The third-order valence-electron chi connectivity index (χ3n) is 5.43. The van der Waals surface area contributed by atoms with Gasteiger partial charge in [0.2, 0.25) is 10.0 Å². The van der Waals surface area contributed by atoms with Crippen molar-refractivity contribution in [2.24, 2.45) is 11.3 Å². The van der Waals surface area contributed by atoms with Crippen molar-refractivity contribution in [1.82, 2.24) is 9.21 Å². The van der Waals surface area contributed by atoms with Crippen LogP contribution in [-0.4, -0.2) is 69.7 Å². The van der Waals surface area contributed by atoms with Crippen LogP contribution in [0, 0.1) is 11.3 Å². The van der Waals surface area contributed by atoms with Crippen molar-refractivity contribution >= 4 is 27.3 Å². The number of hydrogen-bond acceptors (Lipinski definition) is 5. The van der Waals surface area contributed by atoms with Crippen LogP contribution in [-0.2, 0) is 14.8 Å². The Bertz CT molecular complexity index is 679. The number of rotatable bonds is 4. The van der Waals surface area contributed by atoms with Crippen molar-refractivity contribution in [3.63, 3.8) is 0 Å². The summed E-state index contributed by atoms with van der Waals surface area (Å²) in [5, 5.41) is 3.79. The summed E-state index contributed by atoms with van der Waals surface area (Å²) in [7, 11) is -1.54. The van der Waals surface area contributed by atoms with Gasteiger partial charge >= 0.3 is 0 Å². The molecule has 2 saturated heterocycles. The molecule has 0 radical (unpaired) electrons. The van der Waals surface area contributed by atoms with E-state index in [0.29, 0.717) is 32.8 Å². The van der Waals surface area contributed by atoms with Crippen molar-refractivity contribution in [3.05, 3.63) is 22.4 Å². The molecule has 0 saturated carbocycles. The summed E-state index contributed by atoms with van der Waals surface area (Å²) in [4.78, 5) is 14.4. The van der Waals surface area contributed by atoms with Crippen LogP contribution in [0.4, 0.5) is 0 Å². The second-order valence-corrected chi connectivity index (χ2v) is 9.64. The first-order chi connectivity index (χ1) is 11.4. The van der Waals surface area contributed by atoms with E-state index in [1.54, 1.807) is 11.4 Å². The predicted molar refractivity (Wildman–Crippen MR) is 93.7 cm³/mol. The SMILES string of the molecule is COC[C@H]1CN(S(C)(=O)=O)CC12CCN(C(=O)c1ccsc1)CC2. The highest BCUT2D eigenvalue weighted by Gasteiger charge is 2.50. The van der Waals surface area contributed by atoms with Crippen molar-refractivity contribution in [3.8, 4) is 0 Å². The molecule has 0 aliphatic carbocycles. The summed E-state index contributed by atoms with van der Waals surface area (Å²) in [5.41, 5.74) is 0.665. The average molecular weight is 373 g/mol. The lowest BCUT2D eigenvalue weighted by Gasteiger charge is -2.42. The number of sulfonamides is 1. The fourth-order valence-electron chi connectivity index (χ4n) is 3.96. The van der Waals surface area contributed by atoms with Crippen LogP contribution in [0.2, 0.25) is 0 Å². The van der Waals surface area contributed by atoms with Gasteiger partial charge < -0.3 is 9.64 Å². The summed E-state index contributed by atoms with van der Waals surface area (Å²) in [6.07, 6.45) is 2.91.